The Hall–Kier alpha value is -0.250. The third-order valence-electron chi connectivity index (χ3n) is 2.96. The molecular formula is C12H26Cl2N2O. The normalized spacial score (nSPS) is 9.82. The molecule has 0 unspecified atom stereocenters. The third-order valence-corrected chi connectivity index (χ3v) is 2.96. The summed E-state index contributed by atoms with van der Waals surface area (Å²) in [6.45, 7) is 8.25. The van der Waals surface area contributed by atoms with E-state index in [0.29, 0.717) is 13.0 Å². The molecule has 0 aliphatic heterocycles. The van der Waals surface area contributed by atoms with Crippen LogP contribution in [0.15, 0.2) is 12.7 Å². The van der Waals surface area contributed by atoms with Gasteiger partial charge in [0.15, 0.2) is 0 Å². The number of hydrogen-bond acceptors (Lipinski definition) is 2. The van der Waals surface area contributed by atoms with Gasteiger partial charge < -0.3 is 11.1 Å². The Morgan fingerprint density at radius 2 is 1.88 bits per heavy atom. The number of unbranched alkanes of at least 4 members (excludes halogenated alkanes) is 1. The maximum absolute atomic E-state index is 11.6. The van der Waals surface area contributed by atoms with Crippen molar-refractivity contribution in [3.8, 4) is 0 Å². The highest BCUT2D eigenvalue weighted by molar-refractivity contribution is 5.85. The van der Waals surface area contributed by atoms with Crippen LogP contribution in [0.25, 0.3) is 0 Å². The minimum Gasteiger partial charge on any atom is -0.349 e. The minimum atomic E-state index is -0.203. The lowest BCUT2D eigenvalue weighted by molar-refractivity contribution is -0.123. The van der Waals surface area contributed by atoms with Crippen molar-refractivity contribution in [2.75, 3.05) is 6.54 Å². The topological polar surface area (TPSA) is 55.1 Å². The predicted octanol–water partition coefficient (Wildman–Crippen LogP) is 2.82. The molecule has 0 aromatic carbocycles. The van der Waals surface area contributed by atoms with Crippen molar-refractivity contribution < 1.29 is 4.79 Å². The molecule has 3 nitrogen and oxygen atoms in total. The summed E-state index contributed by atoms with van der Waals surface area (Å²) in [5.74, 6) is 0.103. The zero-order chi connectivity index (χ0) is 11.7. The predicted molar refractivity (Wildman–Crippen MR) is 79.1 cm³/mol. The van der Waals surface area contributed by atoms with Gasteiger partial charge in [0, 0.05) is 13.0 Å². The fourth-order valence-corrected chi connectivity index (χ4v) is 1.53. The van der Waals surface area contributed by atoms with Crippen LogP contribution >= 0.6 is 24.8 Å². The molecule has 0 aromatic rings. The van der Waals surface area contributed by atoms with Crippen molar-refractivity contribution in [1.29, 1.82) is 0 Å². The van der Waals surface area contributed by atoms with Gasteiger partial charge in [0.05, 0.1) is 5.54 Å². The average Bonchev–Trinajstić information content (AvgIpc) is 2.26. The number of amides is 1. The number of carbonyl (C=O) groups is 1. The second-order valence-corrected chi connectivity index (χ2v) is 3.92. The average molecular weight is 285 g/mol. The standard InChI is InChI=1S/C12H24N2O.2ClH/c1-4-7-8-9-11(15)14-12(5-2,6-3)10-13;;/h4H,1,5-10,13H2,2-3H3,(H,14,15);2*1H. The first kappa shape index (κ1) is 22.0. The van der Waals surface area contributed by atoms with E-state index in [4.69, 9.17) is 5.73 Å². The van der Waals surface area contributed by atoms with Gasteiger partial charge >= 0.3 is 0 Å². The van der Waals surface area contributed by atoms with Crippen LogP contribution in [0.3, 0.4) is 0 Å². The highest BCUT2D eigenvalue weighted by Crippen LogP contribution is 2.13. The zero-order valence-corrected chi connectivity index (χ0v) is 12.5. The molecule has 0 bridgehead atoms. The summed E-state index contributed by atoms with van der Waals surface area (Å²) in [7, 11) is 0. The Balaban J connectivity index is -0.000000980. The zero-order valence-electron chi connectivity index (χ0n) is 10.8. The summed E-state index contributed by atoms with van der Waals surface area (Å²) in [5, 5.41) is 3.04. The quantitative estimate of drug-likeness (QED) is 0.532. The van der Waals surface area contributed by atoms with Crippen molar-refractivity contribution in [2.45, 2.75) is 51.5 Å². The van der Waals surface area contributed by atoms with Crippen LogP contribution in [0.2, 0.25) is 0 Å². The molecule has 1 amide bonds. The fraction of sp³-hybridized carbons (Fsp3) is 0.750. The lowest BCUT2D eigenvalue weighted by Gasteiger charge is -2.31. The van der Waals surface area contributed by atoms with Crippen molar-refractivity contribution in [3.05, 3.63) is 12.7 Å². The Labute approximate surface area is 117 Å². The summed E-state index contributed by atoms with van der Waals surface area (Å²) in [4.78, 5) is 11.6. The fourth-order valence-electron chi connectivity index (χ4n) is 1.53. The number of allylic oxidation sites excluding steroid dienone is 1. The summed E-state index contributed by atoms with van der Waals surface area (Å²) in [6.07, 6.45) is 5.92. The molecule has 0 aliphatic rings. The van der Waals surface area contributed by atoms with E-state index in [9.17, 15) is 4.79 Å². The molecule has 3 N–H and O–H groups in total. The molecule has 0 aromatic heterocycles. The van der Waals surface area contributed by atoms with E-state index < -0.39 is 0 Å². The maximum atomic E-state index is 11.6. The summed E-state index contributed by atoms with van der Waals surface area (Å²) < 4.78 is 0. The molecule has 0 fully saturated rings. The Bertz CT molecular complexity index is 198. The molecule has 0 saturated heterocycles. The second kappa shape index (κ2) is 12.2. The van der Waals surface area contributed by atoms with E-state index >= 15 is 0 Å². The van der Waals surface area contributed by atoms with Crippen LogP contribution < -0.4 is 11.1 Å². The van der Waals surface area contributed by atoms with Gasteiger partial charge in [0.1, 0.15) is 0 Å². The van der Waals surface area contributed by atoms with E-state index in [1.165, 1.54) is 0 Å². The molecule has 0 radical (unpaired) electrons. The summed E-state index contributed by atoms with van der Waals surface area (Å²) in [6, 6.07) is 0. The van der Waals surface area contributed by atoms with Crippen molar-refractivity contribution >= 4 is 30.7 Å². The van der Waals surface area contributed by atoms with Gasteiger partial charge in [-0.3, -0.25) is 4.79 Å². The summed E-state index contributed by atoms with van der Waals surface area (Å²) >= 11 is 0. The highest BCUT2D eigenvalue weighted by Gasteiger charge is 2.25. The Kier molecular flexibility index (Phi) is 15.8. The first-order valence-electron chi connectivity index (χ1n) is 5.76. The van der Waals surface area contributed by atoms with Crippen molar-refractivity contribution in [2.24, 2.45) is 5.73 Å². The molecular weight excluding hydrogens is 259 g/mol. The van der Waals surface area contributed by atoms with Gasteiger partial charge in [-0.05, 0) is 25.7 Å². The van der Waals surface area contributed by atoms with Gasteiger partial charge in [-0.15, -0.1) is 31.4 Å². The van der Waals surface area contributed by atoms with Crippen LogP contribution in [0.1, 0.15) is 46.0 Å². The molecule has 104 valence electrons. The second-order valence-electron chi connectivity index (χ2n) is 3.92. The number of rotatable bonds is 8. The molecule has 0 spiro atoms. The number of nitrogens with one attached hydrogen (secondary N) is 1. The SMILES string of the molecule is C=CCCCC(=O)NC(CC)(CC)CN.Cl.Cl. The van der Waals surface area contributed by atoms with Gasteiger partial charge in [0.2, 0.25) is 5.91 Å². The largest absolute Gasteiger partial charge is 0.349 e. The van der Waals surface area contributed by atoms with E-state index in [1.54, 1.807) is 0 Å². The van der Waals surface area contributed by atoms with Gasteiger partial charge in [0.25, 0.3) is 0 Å². The molecule has 17 heavy (non-hydrogen) atoms. The Morgan fingerprint density at radius 3 is 2.24 bits per heavy atom. The number of hydrogen-bond donors (Lipinski definition) is 2. The number of nitrogens with two attached hydrogens (primary N) is 1. The highest BCUT2D eigenvalue weighted by atomic mass is 35.5. The van der Waals surface area contributed by atoms with Crippen LogP contribution in [-0.2, 0) is 4.79 Å². The van der Waals surface area contributed by atoms with Crippen molar-refractivity contribution in [1.82, 2.24) is 5.32 Å². The molecule has 0 saturated carbocycles. The lowest BCUT2D eigenvalue weighted by atomic mass is 9.92. The minimum absolute atomic E-state index is 0. The summed E-state index contributed by atoms with van der Waals surface area (Å²) in [5.41, 5.74) is 5.50. The third kappa shape index (κ3) is 8.47. The van der Waals surface area contributed by atoms with E-state index in [0.717, 1.165) is 25.7 Å². The van der Waals surface area contributed by atoms with E-state index in [-0.39, 0.29) is 36.3 Å². The van der Waals surface area contributed by atoms with Crippen LogP contribution in [0.4, 0.5) is 0 Å². The monoisotopic (exact) mass is 284 g/mol. The van der Waals surface area contributed by atoms with Crippen LogP contribution in [0.5, 0.6) is 0 Å². The molecule has 0 atom stereocenters. The molecule has 0 rings (SSSR count). The first-order chi connectivity index (χ1) is 7.14. The van der Waals surface area contributed by atoms with Crippen LogP contribution in [0, 0.1) is 0 Å². The number of carbonyl (C=O) groups excluding carboxylic acids is 1. The Morgan fingerprint density at radius 1 is 1.35 bits per heavy atom. The molecule has 0 aliphatic carbocycles. The van der Waals surface area contributed by atoms with E-state index in [2.05, 4.69) is 25.7 Å². The van der Waals surface area contributed by atoms with Gasteiger partial charge in [-0.25, -0.2) is 0 Å². The smallest absolute Gasteiger partial charge is 0.220 e. The van der Waals surface area contributed by atoms with Crippen LogP contribution in [-0.4, -0.2) is 18.0 Å². The van der Waals surface area contributed by atoms with Gasteiger partial charge in [-0.2, -0.15) is 0 Å². The molecule has 0 heterocycles. The first-order valence-corrected chi connectivity index (χ1v) is 5.76. The lowest BCUT2D eigenvalue weighted by Crippen LogP contribution is -2.52. The number of halogens is 2. The molecule has 5 heteroatoms. The van der Waals surface area contributed by atoms with Crippen molar-refractivity contribution in [3.63, 3.8) is 0 Å². The van der Waals surface area contributed by atoms with E-state index in [1.807, 2.05) is 6.08 Å². The van der Waals surface area contributed by atoms with Gasteiger partial charge in [-0.1, -0.05) is 19.9 Å². The maximum Gasteiger partial charge on any atom is 0.220 e.